The van der Waals surface area contributed by atoms with Crippen LogP contribution in [-0.4, -0.2) is 19.0 Å². The van der Waals surface area contributed by atoms with Crippen molar-refractivity contribution < 1.29 is 4.79 Å². The Balaban J connectivity index is 2.83. The van der Waals surface area contributed by atoms with Crippen LogP contribution < -0.4 is 16.8 Å². The van der Waals surface area contributed by atoms with Crippen LogP contribution in [0.1, 0.15) is 10.4 Å². The Bertz CT molecular complexity index is 341. The molecule has 4 nitrogen and oxygen atoms in total. The highest BCUT2D eigenvalue weighted by molar-refractivity contribution is 9.10. The van der Waals surface area contributed by atoms with E-state index in [9.17, 15) is 4.79 Å². The van der Waals surface area contributed by atoms with Gasteiger partial charge in [-0.05, 0) is 34.1 Å². The number of hydrogen-bond donors (Lipinski definition) is 3. The Hall–Kier alpha value is -1.07. The first-order chi connectivity index (χ1) is 6.65. The molecule has 5 N–H and O–H groups in total. The Labute approximate surface area is 90.8 Å². The smallest absolute Gasteiger partial charge is 0.252 e. The average molecular weight is 258 g/mol. The molecular formula is C9H12BrN3O. The van der Waals surface area contributed by atoms with Crippen molar-refractivity contribution in [3.8, 4) is 0 Å². The monoisotopic (exact) mass is 257 g/mol. The van der Waals surface area contributed by atoms with Gasteiger partial charge in [0.15, 0.2) is 0 Å². The largest absolute Gasteiger partial charge is 0.399 e. The van der Waals surface area contributed by atoms with Crippen molar-refractivity contribution >= 4 is 27.5 Å². The van der Waals surface area contributed by atoms with Crippen LogP contribution in [0.2, 0.25) is 0 Å². The molecule has 0 aliphatic carbocycles. The first-order valence-electron chi connectivity index (χ1n) is 4.18. The molecule has 0 unspecified atom stereocenters. The fraction of sp³-hybridized carbons (Fsp3) is 0.222. The minimum atomic E-state index is -0.172. The number of carbonyl (C=O) groups excluding carboxylic acids is 1. The van der Waals surface area contributed by atoms with Crippen molar-refractivity contribution in [3.63, 3.8) is 0 Å². The third-order valence-corrected chi connectivity index (χ3v) is 2.36. The number of anilines is 1. The van der Waals surface area contributed by atoms with E-state index < -0.39 is 0 Å². The molecule has 0 aliphatic rings. The number of carbonyl (C=O) groups is 1. The second-order valence-electron chi connectivity index (χ2n) is 2.78. The van der Waals surface area contributed by atoms with Crippen LogP contribution in [0, 0.1) is 0 Å². The van der Waals surface area contributed by atoms with E-state index in [1.165, 1.54) is 0 Å². The zero-order valence-electron chi connectivity index (χ0n) is 7.59. The van der Waals surface area contributed by atoms with Crippen LogP contribution in [-0.2, 0) is 0 Å². The van der Waals surface area contributed by atoms with E-state index in [1.54, 1.807) is 18.2 Å². The third kappa shape index (κ3) is 2.71. The molecule has 0 radical (unpaired) electrons. The lowest BCUT2D eigenvalue weighted by atomic mass is 10.2. The Morgan fingerprint density at radius 3 is 2.86 bits per heavy atom. The van der Waals surface area contributed by atoms with E-state index in [-0.39, 0.29) is 5.91 Å². The standard InChI is InChI=1S/C9H12BrN3O/c10-8-2-1-6(12)5-7(8)9(14)13-4-3-11/h1-2,5H,3-4,11-12H2,(H,13,14). The van der Waals surface area contributed by atoms with Crippen LogP contribution in [0.15, 0.2) is 22.7 Å². The molecule has 0 atom stereocenters. The molecule has 1 aromatic carbocycles. The van der Waals surface area contributed by atoms with E-state index in [0.29, 0.717) is 24.3 Å². The summed E-state index contributed by atoms with van der Waals surface area (Å²) in [6, 6.07) is 5.09. The molecule has 0 saturated heterocycles. The fourth-order valence-electron chi connectivity index (χ4n) is 0.998. The number of rotatable bonds is 3. The van der Waals surface area contributed by atoms with Crippen molar-refractivity contribution in [2.45, 2.75) is 0 Å². The number of nitrogen functional groups attached to an aromatic ring is 1. The molecule has 1 amide bonds. The number of amides is 1. The van der Waals surface area contributed by atoms with E-state index in [0.717, 1.165) is 4.47 Å². The van der Waals surface area contributed by atoms with Crippen LogP contribution in [0.4, 0.5) is 5.69 Å². The predicted molar refractivity (Wildman–Crippen MR) is 59.9 cm³/mol. The number of hydrogen-bond acceptors (Lipinski definition) is 3. The lowest BCUT2D eigenvalue weighted by Gasteiger charge is -2.06. The highest BCUT2D eigenvalue weighted by atomic mass is 79.9. The van der Waals surface area contributed by atoms with Gasteiger partial charge in [0.1, 0.15) is 0 Å². The van der Waals surface area contributed by atoms with Gasteiger partial charge in [-0.15, -0.1) is 0 Å². The summed E-state index contributed by atoms with van der Waals surface area (Å²) >= 11 is 3.28. The Morgan fingerprint density at radius 2 is 2.21 bits per heavy atom. The molecule has 0 heterocycles. The summed E-state index contributed by atoms with van der Waals surface area (Å²) in [5.41, 5.74) is 11.9. The maximum absolute atomic E-state index is 11.5. The van der Waals surface area contributed by atoms with Gasteiger partial charge in [0.2, 0.25) is 0 Å². The van der Waals surface area contributed by atoms with Crippen molar-refractivity contribution in [2.24, 2.45) is 5.73 Å². The molecule has 0 aromatic heterocycles. The Morgan fingerprint density at radius 1 is 1.50 bits per heavy atom. The van der Waals surface area contributed by atoms with Gasteiger partial charge in [0.05, 0.1) is 5.56 Å². The molecule has 0 fully saturated rings. The van der Waals surface area contributed by atoms with Gasteiger partial charge < -0.3 is 16.8 Å². The lowest BCUT2D eigenvalue weighted by molar-refractivity contribution is 0.0954. The number of nitrogens with one attached hydrogen (secondary N) is 1. The molecule has 76 valence electrons. The molecule has 0 saturated carbocycles. The van der Waals surface area contributed by atoms with Gasteiger partial charge >= 0.3 is 0 Å². The molecule has 14 heavy (non-hydrogen) atoms. The number of benzene rings is 1. The van der Waals surface area contributed by atoms with Crippen molar-refractivity contribution in [1.82, 2.24) is 5.32 Å². The van der Waals surface area contributed by atoms with Gasteiger partial charge in [-0.2, -0.15) is 0 Å². The minimum Gasteiger partial charge on any atom is -0.399 e. The lowest BCUT2D eigenvalue weighted by Crippen LogP contribution is -2.29. The first-order valence-corrected chi connectivity index (χ1v) is 4.97. The van der Waals surface area contributed by atoms with Gasteiger partial charge in [-0.1, -0.05) is 0 Å². The molecule has 5 heteroatoms. The topological polar surface area (TPSA) is 81.1 Å². The highest BCUT2D eigenvalue weighted by Crippen LogP contribution is 2.19. The van der Waals surface area contributed by atoms with Gasteiger partial charge in [0, 0.05) is 23.2 Å². The zero-order chi connectivity index (χ0) is 10.6. The summed E-state index contributed by atoms with van der Waals surface area (Å²) in [6.07, 6.45) is 0. The molecule has 1 rings (SSSR count). The van der Waals surface area contributed by atoms with E-state index in [4.69, 9.17) is 11.5 Å². The fourth-order valence-corrected chi connectivity index (χ4v) is 1.42. The summed E-state index contributed by atoms with van der Waals surface area (Å²) in [4.78, 5) is 11.5. The van der Waals surface area contributed by atoms with Gasteiger partial charge in [-0.25, -0.2) is 0 Å². The molecule has 0 bridgehead atoms. The first kappa shape index (κ1) is 11.0. The van der Waals surface area contributed by atoms with Crippen LogP contribution in [0.25, 0.3) is 0 Å². The van der Waals surface area contributed by atoms with E-state index in [1.807, 2.05) is 0 Å². The van der Waals surface area contributed by atoms with Crippen molar-refractivity contribution in [3.05, 3.63) is 28.2 Å². The minimum absolute atomic E-state index is 0.172. The summed E-state index contributed by atoms with van der Waals surface area (Å²) in [5.74, 6) is -0.172. The van der Waals surface area contributed by atoms with Crippen molar-refractivity contribution in [1.29, 1.82) is 0 Å². The second kappa shape index (κ2) is 4.97. The van der Waals surface area contributed by atoms with Gasteiger partial charge in [-0.3, -0.25) is 4.79 Å². The van der Waals surface area contributed by atoms with E-state index >= 15 is 0 Å². The summed E-state index contributed by atoms with van der Waals surface area (Å²) in [7, 11) is 0. The van der Waals surface area contributed by atoms with Crippen LogP contribution >= 0.6 is 15.9 Å². The second-order valence-corrected chi connectivity index (χ2v) is 3.64. The number of halogens is 1. The van der Waals surface area contributed by atoms with E-state index in [2.05, 4.69) is 21.2 Å². The van der Waals surface area contributed by atoms with Crippen LogP contribution in [0.3, 0.4) is 0 Å². The Kier molecular flexibility index (Phi) is 3.91. The SMILES string of the molecule is NCCNC(=O)c1cc(N)ccc1Br. The summed E-state index contributed by atoms with van der Waals surface area (Å²) in [5, 5.41) is 2.67. The maximum atomic E-state index is 11.5. The average Bonchev–Trinajstić information content (AvgIpc) is 2.18. The normalized spacial score (nSPS) is 9.86. The summed E-state index contributed by atoms with van der Waals surface area (Å²) < 4.78 is 0.723. The highest BCUT2D eigenvalue weighted by Gasteiger charge is 2.08. The van der Waals surface area contributed by atoms with Gasteiger partial charge in [0.25, 0.3) is 5.91 Å². The van der Waals surface area contributed by atoms with Crippen LogP contribution in [0.5, 0.6) is 0 Å². The quantitative estimate of drug-likeness (QED) is 0.699. The van der Waals surface area contributed by atoms with Crippen molar-refractivity contribution in [2.75, 3.05) is 18.8 Å². The summed E-state index contributed by atoms with van der Waals surface area (Å²) in [6.45, 7) is 0.881. The molecule has 1 aromatic rings. The number of nitrogens with two attached hydrogens (primary N) is 2. The predicted octanol–water partition coefficient (Wildman–Crippen LogP) is 0.720. The molecular weight excluding hydrogens is 246 g/mol. The molecule has 0 spiro atoms. The molecule has 0 aliphatic heterocycles. The maximum Gasteiger partial charge on any atom is 0.252 e. The third-order valence-electron chi connectivity index (χ3n) is 1.66. The zero-order valence-corrected chi connectivity index (χ0v) is 9.17.